The Morgan fingerprint density at radius 3 is 2.95 bits per heavy atom. The van der Waals surface area contributed by atoms with Crippen LogP contribution in [0.4, 0.5) is 0 Å². The second-order valence-corrected chi connectivity index (χ2v) is 5.84. The third-order valence-electron chi connectivity index (χ3n) is 3.89. The second kappa shape index (κ2) is 6.19. The summed E-state index contributed by atoms with van der Waals surface area (Å²) in [4.78, 5) is 12.3. The SMILES string of the molecule is N#CC(C(=S)NC1CCCCC1)c1nc2ncccc2[nH]1. The van der Waals surface area contributed by atoms with Crippen LogP contribution in [-0.2, 0) is 0 Å². The number of imidazole rings is 1. The monoisotopic (exact) mass is 299 g/mol. The molecule has 1 saturated carbocycles. The number of pyridine rings is 1. The average molecular weight is 299 g/mol. The quantitative estimate of drug-likeness (QED) is 0.852. The van der Waals surface area contributed by atoms with E-state index in [-0.39, 0.29) is 0 Å². The minimum Gasteiger partial charge on any atom is -0.375 e. The van der Waals surface area contributed by atoms with Crippen LogP contribution in [-0.4, -0.2) is 26.0 Å². The molecule has 1 fully saturated rings. The van der Waals surface area contributed by atoms with Crippen LogP contribution >= 0.6 is 12.2 Å². The predicted octanol–water partition coefficient (Wildman–Crippen LogP) is 2.81. The molecule has 2 N–H and O–H groups in total. The fourth-order valence-corrected chi connectivity index (χ4v) is 3.11. The summed E-state index contributed by atoms with van der Waals surface area (Å²) in [6.07, 6.45) is 7.69. The summed E-state index contributed by atoms with van der Waals surface area (Å²) in [5, 5.41) is 12.8. The number of hydrogen-bond acceptors (Lipinski definition) is 4. The molecule has 0 aromatic carbocycles. The van der Waals surface area contributed by atoms with E-state index in [2.05, 4.69) is 26.3 Å². The molecular weight excluding hydrogens is 282 g/mol. The van der Waals surface area contributed by atoms with Crippen molar-refractivity contribution in [2.24, 2.45) is 0 Å². The van der Waals surface area contributed by atoms with E-state index < -0.39 is 5.92 Å². The Hall–Kier alpha value is -2.00. The highest BCUT2D eigenvalue weighted by molar-refractivity contribution is 7.80. The van der Waals surface area contributed by atoms with Crippen molar-refractivity contribution in [3.05, 3.63) is 24.2 Å². The van der Waals surface area contributed by atoms with Gasteiger partial charge in [-0.3, -0.25) is 0 Å². The van der Waals surface area contributed by atoms with E-state index >= 15 is 0 Å². The lowest BCUT2D eigenvalue weighted by atomic mass is 9.95. The molecule has 6 heteroatoms. The summed E-state index contributed by atoms with van der Waals surface area (Å²) in [6.45, 7) is 0. The van der Waals surface area contributed by atoms with Crippen LogP contribution in [0, 0.1) is 11.3 Å². The van der Waals surface area contributed by atoms with Crippen LogP contribution in [0.15, 0.2) is 18.3 Å². The molecule has 5 nitrogen and oxygen atoms in total. The van der Waals surface area contributed by atoms with Crippen LogP contribution in [0.25, 0.3) is 11.2 Å². The summed E-state index contributed by atoms with van der Waals surface area (Å²) in [6, 6.07) is 6.37. The number of aromatic amines is 1. The zero-order valence-corrected chi connectivity index (χ0v) is 12.5. The van der Waals surface area contributed by atoms with Gasteiger partial charge in [-0.25, -0.2) is 9.97 Å². The fraction of sp³-hybridized carbons (Fsp3) is 0.467. The van der Waals surface area contributed by atoms with Gasteiger partial charge in [0.05, 0.1) is 11.6 Å². The van der Waals surface area contributed by atoms with Gasteiger partial charge in [-0.05, 0) is 25.0 Å². The van der Waals surface area contributed by atoms with E-state index in [1.165, 1.54) is 19.3 Å². The van der Waals surface area contributed by atoms with Gasteiger partial charge in [0, 0.05) is 12.2 Å². The Labute approximate surface area is 128 Å². The van der Waals surface area contributed by atoms with Gasteiger partial charge in [0.2, 0.25) is 0 Å². The molecule has 0 saturated heterocycles. The van der Waals surface area contributed by atoms with Crippen LogP contribution in [0.2, 0.25) is 0 Å². The standard InChI is InChI=1S/C15H17N5S/c16-9-11(15(21)18-10-5-2-1-3-6-10)13-19-12-7-4-8-17-14(12)20-13/h4,7-8,10-11H,1-3,5-6H2,(H,18,21)(H,17,19,20). The van der Waals surface area contributed by atoms with Crippen molar-refractivity contribution in [1.29, 1.82) is 5.26 Å². The van der Waals surface area contributed by atoms with E-state index in [1.54, 1.807) is 6.20 Å². The Morgan fingerprint density at radius 2 is 2.24 bits per heavy atom. The maximum absolute atomic E-state index is 9.45. The van der Waals surface area contributed by atoms with Gasteiger partial charge < -0.3 is 10.3 Å². The summed E-state index contributed by atoms with van der Waals surface area (Å²) >= 11 is 5.43. The minimum atomic E-state index is -0.545. The van der Waals surface area contributed by atoms with Gasteiger partial charge in [0.15, 0.2) is 11.6 Å². The first-order valence-electron chi connectivity index (χ1n) is 7.28. The van der Waals surface area contributed by atoms with Crippen LogP contribution in [0.1, 0.15) is 43.8 Å². The Bertz CT molecular complexity index is 648. The third kappa shape index (κ3) is 3.03. The Morgan fingerprint density at radius 1 is 1.43 bits per heavy atom. The number of H-pyrrole nitrogens is 1. The molecule has 1 aliphatic rings. The molecule has 2 aromatic rings. The number of thiocarbonyl (C=S) groups is 1. The van der Waals surface area contributed by atoms with Crippen molar-refractivity contribution in [1.82, 2.24) is 20.3 Å². The lowest BCUT2D eigenvalue weighted by molar-refractivity contribution is 0.413. The summed E-state index contributed by atoms with van der Waals surface area (Å²) in [7, 11) is 0. The third-order valence-corrected chi connectivity index (χ3v) is 4.25. The molecule has 21 heavy (non-hydrogen) atoms. The topological polar surface area (TPSA) is 77.4 Å². The predicted molar refractivity (Wildman–Crippen MR) is 84.8 cm³/mol. The van der Waals surface area contributed by atoms with E-state index in [1.807, 2.05) is 12.1 Å². The minimum absolute atomic E-state index is 0.393. The Balaban J connectivity index is 1.77. The van der Waals surface area contributed by atoms with E-state index in [9.17, 15) is 5.26 Å². The highest BCUT2D eigenvalue weighted by Gasteiger charge is 2.23. The van der Waals surface area contributed by atoms with Crippen molar-refractivity contribution in [2.45, 2.75) is 44.1 Å². The highest BCUT2D eigenvalue weighted by atomic mass is 32.1. The molecule has 1 atom stereocenters. The lowest BCUT2D eigenvalue weighted by Crippen LogP contribution is -2.38. The molecule has 0 aliphatic heterocycles. The maximum Gasteiger partial charge on any atom is 0.177 e. The number of nitriles is 1. The van der Waals surface area contributed by atoms with Crippen LogP contribution in [0.3, 0.4) is 0 Å². The number of fused-ring (bicyclic) bond motifs is 1. The lowest BCUT2D eigenvalue weighted by Gasteiger charge is -2.25. The van der Waals surface area contributed by atoms with Crippen molar-refractivity contribution in [2.75, 3.05) is 0 Å². The molecule has 2 aromatic heterocycles. The maximum atomic E-state index is 9.45. The van der Waals surface area contributed by atoms with Crippen LogP contribution in [0.5, 0.6) is 0 Å². The van der Waals surface area contributed by atoms with Gasteiger partial charge in [0.25, 0.3) is 0 Å². The highest BCUT2D eigenvalue weighted by Crippen LogP contribution is 2.21. The molecule has 0 bridgehead atoms. The molecule has 0 amide bonds. The number of aromatic nitrogens is 3. The van der Waals surface area contributed by atoms with Gasteiger partial charge in [-0.15, -0.1) is 0 Å². The van der Waals surface area contributed by atoms with Gasteiger partial charge in [0.1, 0.15) is 10.8 Å². The van der Waals surface area contributed by atoms with Gasteiger partial charge in [-0.1, -0.05) is 31.5 Å². The molecule has 0 radical (unpaired) electrons. The average Bonchev–Trinajstić information content (AvgIpc) is 2.92. The number of rotatable bonds is 3. The molecule has 2 heterocycles. The smallest absolute Gasteiger partial charge is 0.177 e. The summed E-state index contributed by atoms with van der Waals surface area (Å²) in [5.41, 5.74) is 1.45. The first-order valence-corrected chi connectivity index (χ1v) is 7.69. The first-order chi connectivity index (χ1) is 10.3. The van der Waals surface area contributed by atoms with E-state index in [0.717, 1.165) is 18.4 Å². The zero-order chi connectivity index (χ0) is 14.7. The molecule has 3 rings (SSSR count). The molecule has 1 unspecified atom stereocenters. The number of hydrogen-bond donors (Lipinski definition) is 2. The molecule has 108 valence electrons. The fourth-order valence-electron chi connectivity index (χ4n) is 2.78. The zero-order valence-electron chi connectivity index (χ0n) is 11.7. The van der Waals surface area contributed by atoms with Gasteiger partial charge >= 0.3 is 0 Å². The Kier molecular flexibility index (Phi) is 4.11. The first kappa shape index (κ1) is 14.0. The van der Waals surface area contributed by atoms with Crippen molar-refractivity contribution in [3.63, 3.8) is 0 Å². The second-order valence-electron chi connectivity index (χ2n) is 5.40. The van der Waals surface area contributed by atoms with E-state index in [4.69, 9.17) is 12.2 Å². The summed E-state index contributed by atoms with van der Waals surface area (Å²) < 4.78 is 0. The van der Waals surface area contributed by atoms with Crippen molar-refractivity contribution >= 4 is 28.4 Å². The molecule has 0 spiro atoms. The summed E-state index contributed by atoms with van der Waals surface area (Å²) in [5.74, 6) is 0.0237. The normalized spacial score (nSPS) is 17.3. The molecular formula is C15H17N5S. The number of nitrogens with zero attached hydrogens (tertiary/aromatic N) is 3. The van der Waals surface area contributed by atoms with Crippen molar-refractivity contribution in [3.8, 4) is 6.07 Å². The van der Waals surface area contributed by atoms with E-state index in [0.29, 0.717) is 22.5 Å². The number of nitrogens with one attached hydrogen (secondary N) is 2. The van der Waals surface area contributed by atoms with Crippen molar-refractivity contribution < 1.29 is 0 Å². The largest absolute Gasteiger partial charge is 0.375 e. The van der Waals surface area contributed by atoms with Crippen LogP contribution < -0.4 is 5.32 Å². The van der Waals surface area contributed by atoms with Gasteiger partial charge in [-0.2, -0.15) is 5.26 Å². The molecule has 1 aliphatic carbocycles.